The summed E-state index contributed by atoms with van der Waals surface area (Å²) in [6.07, 6.45) is 9.58. The first kappa shape index (κ1) is 22.6. The number of hydrogen-bond acceptors (Lipinski definition) is 5. The second-order valence-corrected chi connectivity index (χ2v) is 11.2. The van der Waals surface area contributed by atoms with E-state index in [9.17, 15) is 9.59 Å². The molecule has 0 bridgehead atoms. The van der Waals surface area contributed by atoms with Gasteiger partial charge in [0, 0.05) is 57.2 Å². The third-order valence-electron chi connectivity index (χ3n) is 7.13. The minimum absolute atomic E-state index is 0.267. The molecule has 2 fully saturated rings. The van der Waals surface area contributed by atoms with Gasteiger partial charge in [-0.3, -0.25) is 14.5 Å². The van der Waals surface area contributed by atoms with E-state index in [4.69, 9.17) is 16.7 Å². The fourth-order valence-electron chi connectivity index (χ4n) is 5.28. The van der Waals surface area contributed by atoms with Crippen LogP contribution < -0.4 is 10.2 Å². The minimum Gasteiger partial charge on any atom is -0.329 e. The highest BCUT2D eigenvalue weighted by atomic mass is 35.5. The van der Waals surface area contributed by atoms with E-state index < -0.39 is 17.3 Å². The number of hydrogen-bond donors (Lipinski definition) is 1. The highest BCUT2D eigenvalue weighted by Gasteiger charge is 2.46. The molecule has 2 atom stereocenters. The molecule has 4 aromatic rings. The molecule has 2 unspecified atom stereocenters. The highest BCUT2D eigenvalue weighted by Crippen LogP contribution is 2.50. The van der Waals surface area contributed by atoms with Crippen LogP contribution in [0.5, 0.6) is 0 Å². The smallest absolute Gasteiger partial charge is 0.329 e. The number of carbonyl (C=O) groups excluding carboxylic acids is 2. The van der Waals surface area contributed by atoms with E-state index >= 15 is 0 Å². The Balaban J connectivity index is 1.27. The summed E-state index contributed by atoms with van der Waals surface area (Å²) in [6.45, 7) is 0. The quantitative estimate of drug-likeness (QED) is 0.365. The van der Waals surface area contributed by atoms with Crippen LogP contribution in [0.1, 0.15) is 30.0 Å². The second-order valence-electron chi connectivity index (χ2n) is 9.64. The molecule has 1 saturated heterocycles. The van der Waals surface area contributed by atoms with E-state index in [-0.39, 0.29) is 5.91 Å². The Morgan fingerprint density at radius 1 is 1.05 bits per heavy atom. The summed E-state index contributed by atoms with van der Waals surface area (Å²) in [5.41, 5.74) is 4.51. The number of imide groups is 1. The summed E-state index contributed by atoms with van der Waals surface area (Å²) in [5, 5.41) is 9.52. The van der Waals surface area contributed by atoms with Gasteiger partial charge in [-0.1, -0.05) is 48.0 Å². The van der Waals surface area contributed by atoms with Crippen molar-refractivity contribution in [1.82, 2.24) is 20.1 Å². The number of nitrogens with one attached hydrogen (secondary N) is 1. The van der Waals surface area contributed by atoms with E-state index in [0.717, 1.165) is 50.9 Å². The first-order valence-corrected chi connectivity index (χ1v) is 13.4. The maximum atomic E-state index is 13.8. The van der Waals surface area contributed by atoms with Crippen LogP contribution in [-0.2, 0) is 11.8 Å². The summed E-state index contributed by atoms with van der Waals surface area (Å²) >= 11 is 8.24. The van der Waals surface area contributed by atoms with Crippen molar-refractivity contribution in [2.75, 3.05) is 4.90 Å². The van der Waals surface area contributed by atoms with E-state index in [1.54, 1.807) is 12.4 Å². The van der Waals surface area contributed by atoms with Gasteiger partial charge in [0.2, 0.25) is 0 Å². The van der Waals surface area contributed by atoms with Crippen LogP contribution in [0.3, 0.4) is 0 Å². The molecule has 7 rings (SSSR count). The average Bonchev–Trinajstić information content (AvgIpc) is 3.54. The lowest BCUT2D eigenvalue weighted by molar-refractivity contribution is -0.118. The van der Waals surface area contributed by atoms with Gasteiger partial charge in [-0.2, -0.15) is 5.10 Å². The molecule has 1 saturated carbocycles. The summed E-state index contributed by atoms with van der Waals surface area (Å²) in [5.74, 6) is 0.205. The highest BCUT2D eigenvalue weighted by molar-refractivity contribution is 8.09. The average molecular weight is 528 g/mol. The number of carbonyl (C=O) groups is 2. The largest absolute Gasteiger partial charge is 0.329 e. The molecule has 2 aromatic carbocycles. The third-order valence-corrected chi connectivity index (χ3v) is 8.79. The monoisotopic (exact) mass is 527 g/mol. The Kier molecular flexibility index (Phi) is 5.16. The lowest BCUT2D eigenvalue weighted by Crippen LogP contribution is -2.60. The number of rotatable bonds is 4. The zero-order valence-electron chi connectivity index (χ0n) is 19.9. The molecule has 1 N–H and O–H groups in total. The van der Waals surface area contributed by atoms with Gasteiger partial charge in [-0.15, -0.1) is 11.8 Å². The molecular formula is C28H22ClN5O2S. The number of halogens is 1. The normalized spacial score (nSPS) is 21.2. The molecule has 2 aromatic heterocycles. The molecule has 9 heteroatoms. The van der Waals surface area contributed by atoms with Gasteiger partial charge in [-0.05, 0) is 30.5 Å². The zero-order valence-corrected chi connectivity index (χ0v) is 21.5. The Morgan fingerprint density at radius 2 is 1.89 bits per heavy atom. The minimum atomic E-state index is -0.507. The lowest BCUT2D eigenvalue weighted by Gasteiger charge is -2.33. The van der Waals surface area contributed by atoms with Gasteiger partial charge in [0.05, 0.1) is 23.6 Å². The molecule has 0 radical (unpaired) electrons. The van der Waals surface area contributed by atoms with Crippen LogP contribution in [0.2, 0.25) is 5.02 Å². The summed E-state index contributed by atoms with van der Waals surface area (Å²) in [4.78, 5) is 33.4. The van der Waals surface area contributed by atoms with Crippen molar-refractivity contribution in [2.24, 2.45) is 7.05 Å². The van der Waals surface area contributed by atoms with E-state index in [1.165, 1.54) is 16.7 Å². The maximum absolute atomic E-state index is 13.8. The number of pyridine rings is 1. The molecule has 37 heavy (non-hydrogen) atoms. The van der Waals surface area contributed by atoms with Crippen molar-refractivity contribution in [3.63, 3.8) is 0 Å². The van der Waals surface area contributed by atoms with Crippen molar-refractivity contribution < 1.29 is 9.59 Å². The van der Waals surface area contributed by atoms with Crippen LogP contribution in [0.25, 0.3) is 26.8 Å². The summed E-state index contributed by atoms with van der Waals surface area (Å²) < 4.78 is 1.85. The fourth-order valence-corrected chi connectivity index (χ4v) is 6.94. The van der Waals surface area contributed by atoms with Crippen LogP contribution >= 0.6 is 23.4 Å². The Morgan fingerprint density at radius 3 is 2.73 bits per heavy atom. The Bertz CT molecular complexity index is 1640. The molecule has 2 aliphatic heterocycles. The van der Waals surface area contributed by atoms with E-state index in [2.05, 4.69) is 16.4 Å². The Labute approximate surface area is 222 Å². The number of aromatic nitrogens is 3. The van der Waals surface area contributed by atoms with E-state index in [1.807, 2.05) is 60.4 Å². The zero-order chi connectivity index (χ0) is 25.3. The number of benzene rings is 2. The van der Waals surface area contributed by atoms with E-state index in [0.29, 0.717) is 16.6 Å². The number of urea groups is 1. The summed E-state index contributed by atoms with van der Waals surface area (Å²) in [6, 6.07) is 12.6. The molecule has 0 spiro atoms. The molecule has 184 valence electrons. The van der Waals surface area contributed by atoms with Crippen molar-refractivity contribution in [1.29, 1.82) is 0 Å². The second kappa shape index (κ2) is 8.46. The number of anilines is 1. The number of aryl methyl sites for hydroxylation is 1. The van der Waals surface area contributed by atoms with Crippen LogP contribution in [0, 0.1) is 0 Å². The van der Waals surface area contributed by atoms with Gasteiger partial charge in [0.1, 0.15) is 5.25 Å². The topological polar surface area (TPSA) is 80.1 Å². The molecule has 1 aliphatic carbocycles. The van der Waals surface area contributed by atoms with Crippen LogP contribution in [-0.4, -0.2) is 38.0 Å². The molecular weight excluding hydrogens is 506 g/mol. The van der Waals surface area contributed by atoms with Gasteiger partial charge >= 0.3 is 6.03 Å². The first-order chi connectivity index (χ1) is 18.0. The van der Waals surface area contributed by atoms with Crippen LogP contribution in [0.4, 0.5) is 10.5 Å². The Hall–Kier alpha value is -3.62. The first-order valence-electron chi connectivity index (χ1n) is 12.2. The molecule has 3 amide bonds. The lowest BCUT2D eigenvalue weighted by atomic mass is 9.97. The standard InChI is InChI=1S/C28H22ClN5O2S/c1-33-14-19(25(32-33)15-9-10-15)18-7-4-8-20(29)24(18)23-11-21-26(37-23)27(35)34(28(36)31-21)22-13-30-12-16-5-2-3-6-17(16)22/h2-8,11-15,21,26H,9-10H2,1H3,(H,31,36). The predicted molar refractivity (Wildman–Crippen MR) is 147 cm³/mol. The molecule has 3 aliphatic rings. The number of thioether (sulfide) groups is 1. The number of amides is 3. The number of nitrogens with zero attached hydrogens (tertiary/aromatic N) is 4. The maximum Gasteiger partial charge on any atom is 0.329 e. The number of fused-ring (bicyclic) bond motifs is 2. The van der Waals surface area contributed by atoms with Crippen molar-refractivity contribution >= 4 is 56.7 Å². The van der Waals surface area contributed by atoms with Gasteiger partial charge < -0.3 is 5.32 Å². The fraction of sp³-hybridized carbons (Fsp3) is 0.214. The van der Waals surface area contributed by atoms with Crippen LogP contribution in [0.15, 0.2) is 67.1 Å². The molecule has 4 heterocycles. The van der Waals surface area contributed by atoms with Crippen molar-refractivity contribution in [2.45, 2.75) is 30.1 Å². The van der Waals surface area contributed by atoms with Crippen molar-refractivity contribution in [3.8, 4) is 11.1 Å². The summed E-state index contributed by atoms with van der Waals surface area (Å²) in [7, 11) is 1.93. The molecule has 7 nitrogen and oxygen atoms in total. The van der Waals surface area contributed by atoms with Gasteiger partial charge in [0.15, 0.2) is 0 Å². The predicted octanol–water partition coefficient (Wildman–Crippen LogP) is 5.75. The third kappa shape index (κ3) is 3.66. The van der Waals surface area contributed by atoms with Gasteiger partial charge in [0.25, 0.3) is 5.91 Å². The SMILES string of the molecule is Cn1cc(-c2cccc(Cl)c2C2=CC3NC(=O)N(c4cncc5ccccc45)C(=O)C3S2)c(C2CC2)n1. The van der Waals surface area contributed by atoms with Crippen molar-refractivity contribution in [3.05, 3.63) is 83.4 Å². The van der Waals surface area contributed by atoms with Gasteiger partial charge in [-0.25, -0.2) is 9.69 Å².